The molecule has 0 aromatic heterocycles. The minimum atomic E-state index is -0.855. The number of ether oxygens (including phenoxy) is 1. The summed E-state index contributed by atoms with van der Waals surface area (Å²) in [6, 6.07) is 5.85. The van der Waals surface area contributed by atoms with E-state index in [4.69, 9.17) is 4.74 Å². The van der Waals surface area contributed by atoms with Crippen LogP contribution in [0, 0.1) is 11.7 Å². The summed E-state index contributed by atoms with van der Waals surface area (Å²) in [5, 5.41) is 12.2. The van der Waals surface area contributed by atoms with Crippen LogP contribution < -0.4 is 10.1 Å². The monoisotopic (exact) mass is 337 g/mol. The molecule has 2 rings (SSSR count). The van der Waals surface area contributed by atoms with E-state index < -0.39 is 17.4 Å². The summed E-state index contributed by atoms with van der Waals surface area (Å²) in [4.78, 5) is 23.5. The van der Waals surface area contributed by atoms with Gasteiger partial charge in [0.2, 0.25) is 5.91 Å². The zero-order valence-electron chi connectivity index (χ0n) is 13.9. The van der Waals surface area contributed by atoms with E-state index in [0.29, 0.717) is 31.6 Å². The van der Waals surface area contributed by atoms with Crippen molar-refractivity contribution >= 4 is 11.9 Å². The van der Waals surface area contributed by atoms with E-state index >= 15 is 0 Å². The predicted octanol–water partition coefficient (Wildman–Crippen LogP) is 3.13. The van der Waals surface area contributed by atoms with Gasteiger partial charge in [0, 0.05) is 12.5 Å². The van der Waals surface area contributed by atoms with Crippen LogP contribution in [-0.4, -0.2) is 29.1 Å². The molecule has 1 amide bonds. The van der Waals surface area contributed by atoms with Crippen LogP contribution in [0.4, 0.5) is 4.39 Å². The van der Waals surface area contributed by atoms with E-state index in [0.717, 1.165) is 12.8 Å². The van der Waals surface area contributed by atoms with Gasteiger partial charge in [-0.05, 0) is 38.3 Å². The summed E-state index contributed by atoms with van der Waals surface area (Å²) in [5.74, 6) is -1.50. The Labute approximate surface area is 141 Å². The number of hydrogen-bond acceptors (Lipinski definition) is 3. The molecule has 1 saturated carbocycles. The summed E-state index contributed by atoms with van der Waals surface area (Å²) < 4.78 is 18.4. The lowest BCUT2D eigenvalue weighted by Crippen LogP contribution is -2.55. The van der Waals surface area contributed by atoms with Gasteiger partial charge in [0.15, 0.2) is 0 Å². The molecular weight excluding hydrogens is 313 g/mol. The highest BCUT2D eigenvalue weighted by atomic mass is 19.1. The third-order valence-corrected chi connectivity index (χ3v) is 4.54. The standard InChI is InChI=1S/C18H24FNO4/c1-18(10-3-2-8-15(18)17(22)23)20-16(21)9-5-11-24-14-7-4-6-13(19)12-14/h4,6-7,12,15H,2-3,5,8-11H2,1H3,(H,20,21)(H,22,23). The maximum Gasteiger partial charge on any atom is 0.308 e. The van der Waals surface area contributed by atoms with Crippen molar-refractivity contribution in [3.05, 3.63) is 30.1 Å². The molecule has 1 aliphatic rings. The molecule has 1 aromatic carbocycles. The Hall–Kier alpha value is -2.11. The number of benzene rings is 1. The number of halogens is 1. The molecule has 0 heterocycles. The normalized spacial score (nSPS) is 23.5. The molecule has 0 radical (unpaired) electrons. The van der Waals surface area contributed by atoms with Crippen LogP contribution in [0.2, 0.25) is 0 Å². The lowest BCUT2D eigenvalue weighted by Gasteiger charge is -2.39. The smallest absolute Gasteiger partial charge is 0.308 e. The maximum absolute atomic E-state index is 13.0. The average Bonchev–Trinajstić information content (AvgIpc) is 2.51. The molecule has 1 aliphatic carbocycles. The Morgan fingerprint density at radius 2 is 2.21 bits per heavy atom. The second-order valence-electron chi connectivity index (χ2n) is 6.51. The van der Waals surface area contributed by atoms with Crippen LogP contribution in [0.5, 0.6) is 5.75 Å². The van der Waals surface area contributed by atoms with Gasteiger partial charge < -0.3 is 15.2 Å². The Morgan fingerprint density at radius 1 is 1.42 bits per heavy atom. The van der Waals surface area contributed by atoms with Crippen molar-refractivity contribution in [2.45, 2.75) is 51.0 Å². The number of carboxylic acid groups (broad SMARTS) is 1. The van der Waals surface area contributed by atoms with Crippen molar-refractivity contribution in [1.82, 2.24) is 5.32 Å². The summed E-state index contributed by atoms with van der Waals surface area (Å²) in [6.07, 6.45) is 3.80. The highest BCUT2D eigenvalue weighted by molar-refractivity contribution is 5.79. The van der Waals surface area contributed by atoms with E-state index in [1.165, 1.54) is 12.1 Å². The number of carbonyl (C=O) groups excluding carboxylic acids is 1. The van der Waals surface area contributed by atoms with Gasteiger partial charge in [0.25, 0.3) is 0 Å². The van der Waals surface area contributed by atoms with Gasteiger partial charge in [-0.2, -0.15) is 0 Å². The van der Waals surface area contributed by atoms with E-state index in [1.807, 2.05) is 6.92 Å². The van der Waals surface area contributed by atoms with Crippen LogP contribution in [0.25, 0.3) is 0 Å². The van der Waals surface area contributed by atoms with Gasteiger partial charge in [-0.15, -0.1) is 0 Å². The van der Waals surface area contributed by atoms with E-state index in [9.17, 15) is 19.1 Å². The van der Waals surface area contributed by atoms with Gasteiger partial charge in [-0.3, -0.25) is 9.59 Å². The SMILES string of the molecule is CC1(NC(=O)CCCOc2cccc(F)c2)CCCCC1C(=O)O. The van der Waals surface area contributed by atoms with Crippen molar-refractivity contribution in [2.75, 3.05) is 6.61 Å². The fourth-order valence-corrected chi connectivity index (χ4v) is 3.24. The topological polar surface area (TPSA) is 75.6 Å². The lowest BCUT2D eigenvalue weighted by atomic mass is 9.74. The summed E-state index contributed by atoms with van der Waals surface area (Å²) in [7, 11) is 0. The molecule has 6 heteroatoms. The fraction of sp³-hybridized carbons (Fsp3) is 0.556. The second kappa shape index (κ2) is 8.13. The van der Waals surface area contributed by atoms with Crippen LogP contribution >= 0.6 is 0 Å². The first-order chi connectivity index (χ1) is 11.4. The van der Waals surface area contributed by atoms with Crippen LogP contribution in [0.1, 0.15) is 45.4 Å². The van der Waals surface area contributed by atoms with Gasteiger partial charge in [0.1, 0.15) is 11.6 Å². The van der Waals surface area contributed by atoms with E-state index in [-0.39, 0.29) is 18.1 Å². The number of hydrogen-bond donors (Lipinski definition) is 2. The number of aliphatic carboxylic acids is 1. The fourth-order valence-electron chi connectivity index (χ4n) is 3.24. The minimum Gasteiger partial charge on any atom is -0.493 e. The molecule has 1 aromatic rings. The number of carbonyl (C=O) groups is 2. The first kappa shape index (κ1) is 18.2. The largest absolute Gasteiger partial charge is 0.493 e. The maximum atomic E-state index is 13.0. The van der Waals surface area contributed by atoms with Crippen molar-refractivity contribution in [3.63, 3.8) is 0 Å². The zero-order chi connectivity index (χ0) is 17.6. The Balaban J connectivity index is 1.77. The third kappa shape index (κ3) is 4.94. The molecule has 24 heavy (non-hydrogen) atoms. The minimum absolute atomic E-state index is 0.173. The molecule has 0 spiro atoms. The molecule has 0 saturated heterocycles. The Morgan fingerprint density at radius 3 is 2.92 bits per heavy atom. The van der Waals surface area contributed by atoms with Crippen molar-refractivity contribution < 1.29 is 23.8 Å². The quantitative estimate of drug-likeness (QED) is 0.750. The number of amides is 1. The number of rotatable bonds is 7. The average molecular weight is 337 g/mol. The van der Waals surface area contributed by atoms with Gasteiger partial charge in [0.05, 0.1) is 18.1 Å². The molecule has 5 nitrogen and oxygen atoms in total. The molecular formula is C18H24FNO4. The highest BCUT2D eigenvalue weighted by Crippen LogP contribution is 2.33. The highest BCUT2D eigenvalue weighted by Gasteiger charge is 2.41. The summed E-state index contributed by atoms with van der Waals surface area (Å²) in [6.45, 7) is 2.11. The van der Waals surface area contributed by atoms with Gasteiger partial charge >= 0.3 is 5.97 Å². The predicted molar refractivity (Wildman–Crippen MR) is 87.3 cm³/mol. The molecule has 0 bridgehead atoms. The van der Waals surface area contributed by atoms with Crippen molar-refractivity contribution in [3.8, 4) is 5.75 Å². The van der Waals surface area contributed by atoms with Crippen molar-refractivity contribution in [1.29, 1.82) is 0 Å². The first-order valence-corrected chi connectivity index (χ1v) is 8.33. The van der Waals surface area contributed by atoms with Gasteiger partial charge in [-0.25, -0.2) is 4.39 Å². The summed E-state index contributed by atoms with van der Waals surface area (Å²) in [5.41, 5.74) is -0.690. The lowest BCUT2D eigenvalue weighted by molar-refractivity contribution is -0.146. The molecule has 2 atom stereocenters. The van der Waals surface area contributed by atoms with E-state index in [2.05, 4.69) is 5.32 Å². The molecule has 0 aliphatic heterocycles. The van der Waals surface area contributed by atoms with E-state index in [1.54, 1.807) is 12.1 Å². The number of nitrogens with one attached hydrogen (secondary N) is 1. The molecule has 1 fully saturated rings. The summed E-state index contributed by atoms with van der Waals surface area (Å²) >= 11 is 0. The third-order valence-electron chi connectivity index (χ3n) is 4.54. The number of carboxylic acids is 1. The molecule has 2 unspecified atom stereocenters. The molecule has 2 N–H and O–H groups in total. The van der Waals surface area contributed by atoms with Crippen LogP contribution in [0.3, 0.4) is 0 Å². The zero-order valence-corrected chi connectivity index (χ0v) is 13.9. The van der Waals surface area contributed by atoms with Crippen LogP contribution in [0.15, 0.2) is 24.3 Å². The van der Waals surface area contributed by atoms with Crippen LogP contribution in [-0.2, 0) is 9.59 Å². The first-order valence-electron chi connectivity index (χ1n) is 8.33. The Kier molecular flexibility index (Phi) is 6.17. The Bertz CT molecular complexity index is 592. The van der Waals surface area contributed by atoms with Gasteiger partial charge in [-0.1, -0.05) is 18.9 Å². The van der Waals surface area contributed by atoms with Crippen molar-refractivity contribution in [2.24, 2.45) is 5.92 Å². The molecule has 132 valence electrons. The second-order valence-corrected chi connectivity index (χ2v) is 6.51.